The molecule has 186 valence electrons. The van der Waals surface area contributed by atoms with Gasteiger partial charge in [0.2, 0.25) is 0 Å². The van der Waals surface area contributed by atoms with Crippen molar-refractivity contribution in [2.24, 2.45) is 0 Å². The molecule has 2 aliphatic heterocycles. The minimum Gasteiger partial charge on any atom is -0.344 e. The van der Waals surface area contributed by atoms with Crippen molar-refractivity contribution in [3.63, 3.8) is 0 Å². The third-order valence-corrected chi connectivity index (χ3v) is 8.64. The number of fused-ring (bicyclic) bond motifs is 1. The van der Waals surface area contributed by atoms with Crippen molar-refractivity contribution in [3.8, 4) is 10.6 Å². The van der Waals surface area contributed by atoms with E-state index in [1.165, 1.54) is 4.90 Å². The normalized spacial score (nSPS) is 24.8. The van der Waals surface area contributed by atoms with Gasteiger partial charge >= 0.3 is 0 Å². The van der Waals surface area contributed by atoms with Crippen LogP contribution in [-0.4, -0.2) is 32.5 Å². The first-order valence-corrected chi connectivity index (χ1v) is 14.0. The zero-order chi connectivity index (χ0) is 24.9. The van der Waals surface area contributed by atoms with Crippen molar-refractivity contribution in [1.29, 1.82) is 0 Å². The van der Waals surface area contributed by atoms with Crippen LogP contribution in [0.15, 0.2) is 71.3 Å². The lowest BCUT2D eigenvalue weighted by atomic mass is 10.0. The standard InChI is InChI=1S/C27H26ClN3O3S2/c1-16-12-29-15-31(16)26-24-23(33-27(2,3)34-24)22(32-26)17-6-10-21(11-7-17)35-13-20-14-36-25(30-20)18-4-8-19(28)9-5-18/h4-12,14-15,22-24,26H,13H2,1-3H3/t22-,23-,24-,26+/m0/s1. The highest BCUT2D eigenvalue weighted by Crippen LogP contribution is 2.49. The Morgan fingerprint density at radius 2 is 1.81 bits per heavy atom. The molecule has 2 aromatic heterocycles. The van der Waals surface area contributed by atoms with Gasteiger partial charge in [0.25, 0.3) is 0 Å². The second kappa shape index (κ2) is 9.59. The summed E-state index contributed by atoms with van der Waals surface area (Å²) in [5.74, 6) is 0.152. The number of hydrogen-bond acceptors (Lipinski definition) is 7. The predicted molar refractivity (Wildman–Crippen MR) is 142 cm³/mol. The van der Waals surface area contributed by atoms with Gasteiger partial charge in [-0.15, -0.1) is 23.1 Å². The highest BCUT2D eigenvalue weighted by atomic mass is 35.5. The molecule has 4 aromatic rings. The lowest BCUT2D eigenvalue weighted by Crippen LogP contribution is -2.28. The Morgan fingerprint density at radius 3 is 2.53 bits per heavy atom. The summed E-state index contributed by atoms with van der Waals surface area (Å²) in [5.41, 5.74) is 4.26. The maximum atomic E-state index is 6.50. The summed E-state index contributed by atoms with van der Waals surface area (Å²) in [6, 6.07) is 16.3. The molecule has 0 bridgehead atoms. The molecule has 6 rings (SSSR count). The molecular formula is C27H26ClN3O3S2. The number of halogens is 1. The van der Waals surface area contributed by atoms with Crippen LogP contribution >= 0.6 is 34.7 Å². The van der Waals surface area contributed by atoms with E-state index in [4.69, 9.17) is 30.8 Å². The van der Waals surface area contributed by atoms with E-state index in [1.807, 2.05) is 55.8 Å². The monoisotopic (exact) mass is 539 g/mol. The molecule has 4 atom stereocenters. The third kappa shape index (κ3) is 4.74. The van der Waals surface area contributed by atoms with Gasteiger partial charge in [-0.2, -0.15) is 0 Å². The van der Waals surface area contributed by atoms with Gasteiger partial charge in [-0.1, -0.05) is 35.9 Å². The van der Waals surface area contributed by atoms with Crippen LogP contribution in [-0.2, 0) is 20.0 Å². The van der Waals surface area contributed by atoms with E-state index < -0.39 is 5.79 Å². The number of ether oxygens (including phenoxy) is 3. The van der Waals surface area contributed by atoms with E-state index in [2.05, 4.69) is 34.6 Å². The smallest absolute Gasteiger partial charge is 0.165 e. The molecule has 0 spiro atoms. The minimum atomic E-state index is -0.654. The quantitative estimate of drug-likeness (QED) is 0.245. The molecule has 0 radical (unpaired) electrons. The number of hydrogen-bond donors (Lipinski definition) is 0. The van der Waals surface area contributed by atoms with Gasteiger partial charge in [0.05, 0.1) is 12.0 Å². The second-order valence-corrected chi connectivity index (χ2v) is 11.8. The average Bonchev–Trinajstić information content (AvgIpc) is 3.63. The van der Waals surface area contributed by atoms with Crippen LogP contribution in [0.25, 0.3) is 10.6 Å². The van der Waals surface area contributed by atoms with Gasteiger partial charge in [0.15, 0.2) is 12.0 Å². The van der Waals surface area contributed by atoms with Gasteiger partial charge in [0, 0.05) is 38.5 Å². The molecule has 0 N–H and O–H groups in total. The van der Waals surface area contributed by atoms with Crippen molar-refractivity contribution < 1.29 is 14.2 Å². The number of thiazole rings is 1. The molecule has 2 aromatic carbocycles. The van der Waals surface area contributed by atoms with Crippen LogP contribution in [0, 0.1) is 6.92 Å². The Hall–Kier alpha value is -2.20. The maximum absolute atomic E-state index is 6.50. The van der Waals surface area contributed by atoms with Crippen molar-refractivity contribution in [3.05, 3.63) is 88.4 Å². The Kier molecular flexibility index (Phi) is 6.44. The molecule has 9 heteroatoms. The summed E-state index contributed by atoms with van der Waals surface area (Å²) < 4.78 is 21.1. The number of thioether (sulfide) groups is 1. The van der Waals surface area contributed by atoms with Crippen LogP contribution in [0.2, 0.25) is 5.02 Å². The average molecular weight is 540 g/mol. The topological polar surface area (TPSA) is 58.4 Å². The van der Waals surface area contributed by atoms with E-state index >= 15 is 0 Å². The van der Waals surface area contributed by atoms with Crippen molar-refractivity contribution in [1.82, 2.24) is 14.5 Å². The molecule has 0 unspecified atom stereocenters. The number of aromatic nitrogens is 3. The molecular weight excluding hydrogens is 514 g/mol. The molecule has 2 aliphatic rings. The van der Waals surface area contributed by atoms with Crippen LogP contribution in [0.5, 0.6) is 0 Å². The van der Waals surface area contributed by atoms with Crippen LogP contribution in [0.3, 0.4) is 0 Å². The molecule has 0 aliphatic carbocycles. The first-order valence-electron chi connectivity index (χ1n) is 11.8. The van der Waals surface area contributed by atoms with Crippen molar-refractivity contribution in [2.75, 3.05) is 0 Å². The number of nitrogens with zero attached hydrogens (tertiary/aromatic N) is 3. The first kappa shape index (κ1) is 24.2. The van der Waals surface area contributed by atoms with Gasteiger partial charge in [-0.3, -0.25) is 0 Å². The summed E-state index contributed by atoms with van der Waals surface area (Å²) in [6.45, 7) is 5.93. The van der Waals surface area contributed by atoms with Gasteiger partial charge in [-0.05, 0) is 50.6 Å². The molecule has 2 saturated heterocycles. The molecule has 6 nitrogen and oxygen atoms in total. The van der Waals surface area contributed by atoms with E-state index in [-0.39, 0.29) is 24.5 Å². The fourth-order valence-corrected chi connectivity index (χ4v) is 6.56. The van der Waals surface area contributed by atoms with Gasteiger partial charge in [-0.25, -0.2) is 9.97 Å². The fourth-order valence-electron chi connectivity index (χ4n) is 4.72. The highest BCUT2D eigenvalue weighted by molar-refractivity contribution is 7.98. The number of rotatable bonds is 6. The Balaban J connectivity index is 1.14. The summed E-state index contributed by atoms with van der Waals surface area (Å²) in [7, 11) is 0. The van der Waals surface area contributed by atoms with Crippen molar-refractivity contribution >= 4 is 34.7 Å². The Labute approximate surface area is 223 Å². The maximum Gasteiger partial charge on any atom is 0.165 e. The predicted octanol–water partition coefficient (Wildman–Crippen LogP) is 7.05. The summed E-state index contributed by atoms with van der Waals surface area (Å²) >= 11 is 9.43. The summed E-state index contributed by atoms with van der Waals surface area (Å²) in [5, 5.41) is 3.86. The first-order chi connectivity index (χ1) is 17.4. The molecule has 0 saturated carbocycles. The zero-order valence-corrected chi connectivity index (χ0v) is 22.5. The third-order valence-electron chi connectivity index (χ3n) is 6.40. The van der Waals surface area contributed by atoms with Crippen LogP contribution < -0.4 is 0 Å². The van der Waals surface area contributed by atoms with E-state index in [0.29, 0.717) is 0 Å². The molecule has 0 amide bonds. The SMILES string of the molecule is Cc1cncn1[C@@H]1O[C@@H](c2ccc(SCc3csc(-c4ccc(Cl)cc4)n3)cc2)[C@@H]2OC(C)(C)O[C@@H]21. The summed E-state index contributed by atoms with van der Waals surface area (Å²) in [6.07, 6.45) is 2.74. The van der Waals surface area contributed by atoms with Crippen molar-refractivity contribution in [2.45, 2.75) is 61.7 Å². The fraction of sp³-hybridized carbons (Fsp3) is 0.333. The van der Waals surface area contributed by atoms with Gasteiger partial charge < -0.3 is 18.8 Å². The van der Waals surface area contributed by atoms with E-state index in [9.17, 15) is 0 Å². The lowest BCUT2D eigenvalue weighted by Gasteiger charge is -2.25. The number of aryl methyl sites for hydroxylation is 1. The number of benzene rings is 2. The summed E-state index contributed by atoms with van der Waals surface area (Å²) in [4.78, 5) is 10.2. The van der Waals surface area contributed by atoms with Gasteiger partial charge in [0.1, 0.15) is 23.3 Å². The molecule has 2 fully saturated rings. The zero-order valence-electron chi connectivity index (χ0n) is 20.1. The Morgan fingerprint density at radius 1 is 1.06 bits per heavy atom. The van der Waals surface area contributed by atoms with Crippen LogP contribution in [0.4, 0.5) is 0 Å². The lowest BCUT2D eigenvalue weighted by molar-refractivity contribution is -0.198. The molecule has 4 heterocycles. The Bertz CT molecular complexity index is 1350. The minimum absolute atomic E-state index is 0.188. The van der Waals surface area contributed by atoms with E-state index in [0.717, 1.165) is 38.3 Å². The highest BCUT2D eigenvalue weighted by Gasteiger charge is 2.56. The van der Waals surface area contributed by atoms with E-state index in [1.54, 1.807) is 29.4 Å². The largest absolute Gasteiger partial charge is 0.344 e. The second-order valence-electron chi connectivity index (χ2n) is 9.46. The number of imidazole rings is 1. The van der Waals surface area contributed by atoms with Crippen LogP contribution in [0.1, 0.15) is 43.1 Å². The molecule has 36 heavy (non-hydrogen) atoms.